The summed E-state index contributed by atoms with van der Waals surface area (Å²) in [6.07, 6.45) is 2.77. The number of hydrogen-bond acceptors (Lipinski definition) is 5. The molecule has 1 fully saturated rings. The first kappa shape index (κ1) is 19.1. The van der Waals surface area contributed by atoms with Gasteiger partial charge in [0.05, 0.1) is 5.69 Å². The molecular weight excluding hydrogens is 372 g/mol. The number of imide groups is 1. The van der Waals surface area contributed by atoms with Gasteiger partial charge in [0.2, 0.25) is 5.91 Å². The Hall–Kier alpha value is -3.23. The minimum Gasteiger partial charge on any atom is -0.325 e. The highest BCUT2D eigenvalue weighted by molar-refractivity contribution is 6.08. The molecule has 1 N–H and O–H groups in total. The molecule has 2 aliphatic heterocycles. The Morgan fingerprint density at radius 2 is 2.03 bits per heavy atom. The fraction of sp³-hybridized carbons (Fsp3) is 0.450. The molecule has 29 heavy (non-hydrogen) atoms. The molecule has 9 nitrogen and oxygen atoms in total. The lowest BCUT2D eigenvalue weighted by molar-refractivity contribution is -0.131. The van der Waals surface area contributed by atoms with Gasteiger partial charge in [0.1, 0.15) is 12.6 Å². The van der Waals surface area contributed by atoms with E-state index in [-0.39, 0.29) is 31.0 Å². The van der Waals surface area contributed by atoms with Gasteiger partial charge >= 0.3 is 6.03 Å². The van der Waals surface area contributed by atoms with Gasteiger partial charge in [-0.1, -0.05) is 23.4 Å². The lowest BCUT2D eigenvalue weighted by Gasteiger charge is -2.24. The molecule has 0 saturated carbocycles. The molecule has 2 aromatic rings. The number of carbonyl (C=O) groups is 3. The summed E-state index contributed by atoms with van der Waals surface area (Å²) in [5.41, 5.74) is 2.56. The topological polar surface area (TPSA) is 100 Å². The molecule has 152 valence electrons. The Bertz CT molecular complexity index is 969. The third-order valence-corrected chi connectivity index (χ3v) is 5.38. The van der Waals surface area contributed by atoms with Crippen LogP contribution in [0.5, 0.6) is 0 Å². The molecule has 9 heteroatoms. The minimum atomic E-state index is -0.740. The highest BCUT2D eigenvalue weighted by Gasteiger charge is 2.41. The monoisotopic (exact) mass is 396 g/mol. The fourth-order valence-electron chi connectivity index (χ4n) is 3.89. The first-order valence-electron chi connectivity index (χ1n) is 9.77. The van der Waals surface area contributed by atoms with E-state index in [0.29, 0.717) is 5.69 Å². The Kier molecular flexibility index (Phi) is 4.81. The first-order valence-corrected chi connectivity index (χ1v) is 9.77. The van der Waals surface area contributed by atoms with E-state index in [1.807, 2.05) is 45.0 Å². The second-order valence-corrected chi connectivity index (χ2v) is 7.86. The molecule has 0 aliphatic carbocycles. The van der Waals surface area contributed by atoms with Gasteiger partial charge in [0, 0.05) is 30.4 Å². The third-order valence-electron chi connectivity index (χ3n) is 5.38. The predicted molar refractivity (Wildman–Crippen MR) is 105 cm³/mol. The predicted octanol–water partition coefficient (Wildman–Crippen LogP) is 1.30. The van der Waals surface area contributed by atoms with Gasteiger partial charge in [0.25, 0.3) is 5.91 Å². The maximum atomic E-state index is 12.9. The molecule has 0 radical (unpaired) electrons. The zero-order chi connectivity index (χ0) is 20.7. The summed E-state index contributed by atoms with van der Waals surface area (Å²) >= 11 is 0. The summed E-state index contributed by atoms with van der Waals surface area (Å²) in [6, 6.07) is 6.56. The molecular formula is C20H24N6O3. The summed E-state index contributed by atoms with van der Waals surface area (Å²) in [6.45, 7) is 5.64. The van der Waals surface area contributed by atoms with Crippen molar-refractivity contribution in [2.24, 2.45) is 0 Å². The van der Waals surface area contributed by atoms with E-state index in [4.69, 9.17) is 0 Å². The van der Waals surface area contributed by atoms with Crippen LogP contribution in [-0.4, -0.2) is 56.4 Å². The number of carbonyl (C=O) groups excluding carboxylic acids is 3. The van der Waals surface area contributed by atoms with Crippen molar-refractivity contribution < 1.29 is 14.4 Å². The van der Waals surface area contributed by atoms with E-state index in [2.05, 4.69) is 15.6 Å². The maximum absolute atomic E-state index is 12.9. The number of benzene rings is 1. The molecule has 0 bridgehead atoms. The van der Waals surface area contributed by atoms with E-state index in [9.17, 15) is 14.4 Å². The van der Waals surface area contributed by atoms with Crippen LogP contribution >= 0.6 is 0 Å². The van der Waals surface area contributed by atoms with Crippen molar-refractivity contribution in [2.75, 3.05) is 11.4 Å². The molecule has 2 aliphatic rings. The van der Waals surface area contributed by atoms with Crippen LogP contribution in [0.25, 0.3) is 0 Å². The van der Waals surface area contributed by atoms with E-state index < -0.39 is 18.0 Å². The van der Waals surface area contributed by atoms with Gasteiger partial charge in [-0.2, -0.15) is 0 Å². The average molecular weight is 396 g/mol. The van der Waals surface area contributed by atoms with Crippen LogP contribution in [0.1, 0.15) is 38.1 Å². The average Bonchev–Trinajstić information content (AvgIpc) is 3.34. The molecule has 1 saturated heterocycles. The maximum Gasteiger partial charge on any atom is 0.325 e. The van der Waals surface area contributed by atoms with Crippen LogP contribution in [0.3, 0.4) is 0 Å². The largest absolute Gasteiger partial charge is 0.325 e. The van der Waals surface area contributed by atoms with Crippen LogP contribution in [-0.2, 0) is 22.4 Å². The summed E-state index contributed by atoms with van der Waals surface area (Å²) in [7, 11) is 0. The van der Waals surface area contributed by atoms with E-state index in [1.54, 1.807) is 15.8 Å². The van der Waals surface area contributed by atoms with Gasteiger partial charge in [-0.25, -0.2) is 9.48 Å². The highest BCUT2D eigenvalue weighted by atomic mass is 16.2. The number of hydrogen-bond donors (Lipinski definition) is 1. The number of rotatable bonds is 5. The molecule has 2 atom stereocenters. The Morgan fingerprint density at radius 3 is 2.76 bits per heavy atom. The Morgan fingerprint density at radius 1 is 1.28 bits per heavy atom. The van der Waals surface area contributed by atoms with E-state index in [1.165, 1.54) is 0 Å². The molecule has 3 heterocycles. The third kappa shape index (κ3) is 3.48. The van der Waals surface area contributed by atoms with Crippen molar-refractivity contribution in [3.05, 3.63) is 41.7 Å². The van der Waals surface area contributed by atoms with Crippen LogP contribution < -0.4 is 10.2 Å². The highest BCUT2D eigenvalue weighted by Crippen LogP contribution is 2.32. The zero-order valence-electron chi connectivity index (χ0n) is 16.7. The van der Waals surface area contributed by atoms with Crippen molar-refractivity contribution in [1.29, 1.82) is 0 Å². The number of para-hydroxylation sites is 1. The fourth-order valence-corrected chi connectivity index (χ4v) is 3.89. The number of amides is 4. The standard InChI is InChI=1S/C20H24N6O3/c1-12(2)25-10-15(22-23-25)9-16-19(28)24(20(29)21-16)11-18(27)26-13(3)8-14-6-4-5-7-17(14)26/h4-7,10,12-13,16H,8-9,11H2,1-3H3,(H,21,29)/t13-,16+/m1/s1. The SMILES string of the molecule is CC(C)n1cc(C[C@@H]2NC(=O)N(CC(=O)N3c4ccccc4C[C@H]3C)C2=O)nn1. The second kappa shape index (κ2) is 7.31. The molecule has 0 unspecified atom stereocenters. The number of anilines is 1. The lowest BCUT2D eigenvalue weighted by atomic mass is 10.1. The van der Waals surface area contributed by atoms with Crippen molar-refractivity contribution >= 4 is 23.5 Å². The van der Waals surface area contributed by atoms with Crippen molar-refractivity contribution in [3.63, 3.8) is 0 Å². The van der Waals surface area contributed by atoms with Crippen LogP contribution in [0.15, 0.2) is 30.5 Å². The Labute approximate surface area is 168 Å². The number of fused-ring (bicyclic) bond motifs is 1. The molecule has 1 aromatic carbocycles. The molecule has 4 rings (SSSR count). The quantitative estimate of drug-likeness (QED) is 0.768. The number of nitrogens with one attached hydrogen (secondary N) is 1. The Balaban J connectivity index is 1.44. The summed E-state index contributed by atoms with van der Waals surface area (Å²) in [5.74, 6) is -0.681. The molecule has 1 aromatic heterocycles. The summed E-state index contributed by atoms with van der Waals surface area (Å²) < 4.78 is 1.70. The molecule has 4 amide bonds. The van der Waals surface area contributed by atoms with Gasteiger partial charge < -0.3 is 10.2 Å². The van der Waals surface area contributed by atoms with Gasteiger partial charge in [-0.15, -0.1) is 5.10 Å². The first-order chi connectivity index (χ1) is 13.8. The second-order valence-electron chi connectivity index (χ2n) is 7.86. The number of aromatic nitrogens is 3. The number of nitrogens with zero attached hydrogens (tertiary/aromatic N) is 5. The normalized spacial score (nSPS) is 21.1. The van der Waals surface area contributed by atoms with Gasteiger partial charge in [-0.05, 0) is 38.8 Å². The van der Waals surface area contributed by atoms with Crippen molar-refractivity contribution in [2.45, 2.75) is 51.7 Å². The number of urea groups is 1. The summed E-state index contributed by atoms with van der Waals surface area (Å²) in [4.78, 5) is 40.7. The van der Waals surface area contributed by atoms with Crippen LogP contribution in [0.2, 0.25) is 0 Å². The minimum absolute atomic E-state index is 0.0115. The van der Waals surface area contributed by atoms with Crippen LogP contribution in [0, 0.1) is 0 Å². The van der Waals surface area contributed by atoms with Gasteiger partial charge in [-0.3, -0.25) is 14.5 Å². The zero-order valence-corrected chi connectivity index (χ0v) is 16.7. The van der Waals surface area contributed by atoms with Crippen LogP contribution in [0.4, 0.5) is 10.5 Å². The van der Waals surface area contributed by atoms with E-state index in [0.717, 1.165) is 22.6 Å². The molecule has 0 spiro atoms. The summed E-state index contributed by atoms with van der Waals surface area (Å²) in [5, 5.41) is 10.7. The smallest absolute Gasteiger partial charge is 0.325 e. The van der Waals surface area contributed by atoms with E-state index >= 15 is 0 Å². The lowest BCUT2D eigenvalue weighted by Crippen LogP contribution is -2.45. The van der Waals surface area contributed by atoms with Gasteiger partial charge in [0.15, 0.2) is 0 Å². The van der Waals surface area contributed by atoms with Crippen molar-refractivity contribution in [3.8, 4) is 0 Å². The van der Waals surface area contributed by atoms with Crippen molar-refractivity contribution in [1.82, 2.24) is 25.2 Å².